The normalized spacial score (nSPS) is 23.0. The summed E-state index contributed by atoms with van der Waals surface area (Å²) >= 11 is 0. The molecule has 3 rings (SSSR count). The van der Waals surface area contributed by atoms with E-state index in [0.29, 0.717) is 23.8 Å². The minimum Gasteiger partial charge on any atom is -0.391 e. The fourth-order valence-corrected chi connectivity index (χ4v) is 2.70. The van der Waals surface area contributed by atoms with E-state index in [1.54, 1.807) is 0 Å². The standard InChI is InChI=1S/C16H18N2O2/c1-11-6-7-18(9-15(11)20)16-13(10-19)8-12-4-2-3-5-14(12)17-16/h2-5,8,10-11,15,20H,6-7,9H2,1H3. The van der Waals surface area contributed by atoms with Gasteiger partial charge in [0, 0.05) is 18.5 Å². The maximum Gasteiger partial charge on any atom is 0.153 e. The Morgan fingerprint density at radius 3 is 2.95 bits per heavy atom. The number of para-hydroxylation sites is 1. The molecule has 1 aromatic carbocycles. The highest BCUT2D eigenvalue weighted by Crippen LogP contribution is 2.26. The van der Waals surface area contributed by atoms with Crippen LogP contribution in [0.15, 0.2) is 30.3 Å². The topological polar surface area (TPSA) is 53.4 Å². The van der Waals surface area contributed by atoms with Gasteiger partial charge in [-0.15, -0.1) is 0 Å². The van der Waals surface area contributed by atoms with Gasteiger partial charge in [-0.1, -0.05) is 25.1 Å². The van der Waals surface area contributed by atoms with Crippen LogP contribution in [-0.2, 0) is 0 Å². The van der Waals surface area contributed by atoms with E-state index in [2.05, 4.69) is 11.9 Å². The van der Waals surface area contributed by atoms with Gasteiger partial charge in [0.05, 0.1) is 17.2 Å². The molecule has 1 aliphatic rings. The van der Waals surface area contributed by atoms with Crippen LogP contribution < -0.4 is 4.90 Å². The number of aliphatic hydroxyl groups excluding tert-OH is 1. The predicted octanol–water partition coefficient (Wildman–Crippen LogP) is 2.25. The number of anilines is 1. The van der Waals surface area contributed by atoms with Gasteiger partial charge in [-0.05, 0) is 24.5 Å². The summed E-state index contributed by atoms with van der Waals surface area (Å²) < 4.78 is 0. The molecule has 0 aliphatic carbocycles. The molecule has 1 saturated heterocycles. The Labute approximate surface area is 118 Å². The third-order valence-electron chi connectivity index (χ3n) is 4.08. The molecule has 104 valence electrons. The molecule has 1 fully saturated rings. The number of hydrogen-bond acceptors (Lipinski definition) is 4. The van der Waals surface area contributed by atoms with Crippen molar-refractivity contribution in [1.29, 1.82) is 0 Å². The molecule has 2 aromatic rings. The van der Waals surface area contributed by atoms with Crippen molar-refractivity contribution in [2.45, 2.75) is 19.4 Å². The van der Waals surface area contributed by atoms with Crippen LogP contribution in [0.2, 0.25) is 0 Å². The second kappa shape index (κ2) is 5.21. The fraction of sp³-hybridized carbons (Fsp3) is 0.375. The summed E-state index contributed by atoms with van der Waals surface area (Å²) in [6.07, 6.45) is 1.39. The first-order chi connectivity index (χ1) is 9.69. The number of fused-ring (bicyclic) bond motifs is 1. The molecule has 4 heteroatoms. The van der Waals surface area contributed by atoms with E-state index in [9.17, 15) is 9.90 Å². The Hall–Kier alpha value is -1.94. The summed E-state index contributed by atoms with van der Waals surface area (Å²) in [6.45, 7) is 3.41. The lowest BCUT2D eigenvalue weighted by Gasteiger charge is -2.35. The van der Waals surface area contributed by atoms with Gasteiger partial charge in [-0.25, -0.2) is 4.98 Å². The van der Waals surface area contributed by atoms with Crippen LogP contribution in [0, 0.1) is 5.92 Å². The van der Waals surface area contributed by atoms with Crippen LogP contribution in [0.1, 0.15) is 23.7 Å². The lowest BCUT2D eigenvalue weighted by Crippen LogP contribution is -2.43. The van der Waals surface area contributed by atoms with Crippen LogP contribution in [-0.4, -0.2) is 35.6 Å². The number of rotatable bonds is 2. The number of aldehydes is 1. The molecule has 0 spiro atoms. The Kier molecular flexibility index (Phi) is 3.40. The summed E-state index contributed by atoms with van der Waals surface area (Å²) in [7, 11) is 0. The Morgan fingerprint density at radius 2 is 2.20 bits per heavy atom. The van der Waals surface area contributed by atoms with Crippen LogP contribution in [0.3, 0.4) is 0 Å². The van der Waals surface area contributed by atoms with Gasteiger partial charge in [0.25, 0.3) is 0 Å². The van der Waals surface area contributed by atoms with Crippen molar-refractivity contribution in [3.63, 3.8) is 0 Å². The van der Waals surface area contributed by atoms with Gasteiger partial charge in [0.15, 0.2) is 6.29 Å². The van der Waals surface area contributed by atoms with Gasteiger partial charge in [-0.2, -0.15) is 0 Å². The van der Waals surface area contributed by atoms with E-state index in [4.69, 9.17) is 0 Å². The number of aliphatic hydroxyl groups is 1. The smallest absolute Gasteiger partial charge is 0.153 e. The first-order valence-electron chi connectivity index (χ1n) is 6.97. The molecule has 0 radical (unpaired) electrons. The first-order valence-corrected chi connectivity index (χ1v) is 6.97. The zero-order valence-corrected chi connectivity index (χ0v) is 11.5. The minimum atomic E-state index is -0.364. The highest BCUT2D eigenvalue weighted by Gasteiger charge is 2.26. The van der Waals surface area contributed by atoms with Gasteiger partial charge < -0.3 is 10.0 Å². The van der Waals surface area contributed by atoms with Gasteiger partial charge in [0.2, 0.25) is 0 Å². The monoisotopic (exact) mass is 270 g/mol. The van der Waals surface area contributed by atoms with Crippen molar-refractivity contribution in [3.8, 4) is 0 Å². The van der Waals surface area contributed by atoms with E-state index in [1.165, 1.54) is 0 Å². The Balaban J connectivity index is 2.03. The summed E-state index contributed by atoms with van der Waals surface area (Å²) in [5.74, 6) is 0.982. The highest BCUT2D eigenvalue weighted by atomic mass is 16.3. The Bertz CT molecular complexity index is 641. The molecule has 1 aliphatic heterocycles. The second-order valence-corrected chi connectivity index (χ2v) is 5.49. The molecular weight excluding hydrogens is 252 g/mol. The van der Waals surface area contributed by atoms with E-state index >= 15 is 0 Å². The quantitative estimate of drug-likeness (QED) is 0.850. The molecule has 2 atom stereocenters. The average Bonchev–Trinajstić information content (AvgIpc) is 2.48. The number of piperidine rings is 1. The zero-order valence-electron chi connectivity index (χ0n) is 11.5. The molecule has 20 heavy (non-hydrogen) atoms. The van der Waals surface area contributed by atoms with Crippen molar-refractivity contribution in [2.24, 2.45) is 5.92 Å². The largest absolute Gasteiger partial charge is 0.391 e. The number of benzene rings is 1. The van der Waals surface area contributed by atoms with Crippen molar-refractivity contribution < 1.29 is 9.90 Å². The van der Waals surface area contributed by atoms with Crippen LogP contribution in [0.4, 0.5) is 5.82 Å². The van der Waals surface area contributed by atoms with Crippen LogP contribution >= 0.6 is 0 Å². The van der Waals surface area contributed by atoms with Crippen LogP contribution in [0.25, 0.3) is 10.9 Å². The predicted molar refractivity (Wildman–Crippen MR) is 79.1 cm³/mol. The zero-order chi connectivity index (χ0) is 14.1. The molecule has 0 saturated carbocycles. The number of pyridine rings is 1. The fourth-order valence-electron chi connectivity index (χ4n) is 2.70. The van der Waals surface area contributed by atoms with Crippen molar-refractivity contribution in [2.75, 3.05) is 18.0 Å². The molecule has 2 heterocycles. The van der Waals surface area contributed by atoms with Gasteiger partial charge >= 0.3 is 0 Å². The molecule has 0 bridgehead atoms. The maximum absolute atomic E-state index is 11.3. The molecule has 1 N–H and O–H groups in total. The van der Waals surface area contributed by atoms with E-state index in [0.717, 1.165) is 30.2 Å². The molecule has 0 amide bonds. The second-order valence-electron chi connectivity index (χ2n) is 5.49. The molecule has 1 aromatic heterocycles. The number of β-amino-alcohol motifs (C(OH)–C–C–N with tert-alkyl or cyclic N) is 1. The summed E-state index contributed by atoms with van der Waals surface area (Å²) in [5, 5.41) is 11.0. The van der Waals surface area contributed by atoms with Crippen LogP contribution in [0.5, 0.6) is 0 Å². The Morgan fingerprint density at radius 1 is 1.40 bits per heavy atom. The lowest BCUT2D eigenvalue weighted by atomic mass is 9.96. The van der Waals surface area contributed by atoms with Crippen molar-refractivity contribution in [1.82, 2.24) is 4.98 Å². The number of carbonyl (C=O) groups excluding carboxylic acids is 1. The van der Waals surface area contributed by atoms with E-state index < -0.39 is 0 Å². The first kappa shape index (κ1) is 13.1. The molecule has 2 unspecified atom stereocenters. The maximum atomic E-state index is 11.3. The average molecular weight is 270 g/mol. The third-order valence-corrected chi connectivity index (χ3v) is 4.08. The summed E-state index contributed by atoms with van der Waals surface area (Å²) in [6, 6.07) is 9.63. The lowest BCUT2D eigenvalue weighted by molar-refractivity contribution is 0.102. The summed E-state index contributed by atoms with van der Waals surface area (Å²) in [5.41, 5.74) is 1.46. The number of aromatic nitrogens is 1. The minimum absolute atomic E-state index is 0.298. The SMILES string of the molecule is CC1CCN(c2nc3ccccc3cc2C=O)CC1O. The third kappa shape index (κ3) is 2.27. The van der Waals surface area contributed by atoms with Gasteiger partial charge in [-0.3, -0.25) is 4.79 Å². The molecule has 4 nitrogen and oxygen atoms in total. The van der Waals surface area contributed by atoms with E-state index in [-0.39, 0.29) is 6.10 Å². The van der Waals surface area contributed by atoms with Gasteiger partial charge in [0.1, 0.15) is 5.82 Å². The highest BCUT2D eigenvalue weighted by molar-refractivity contribution is 5.91. The summed E-state index contributed by atoms with van der Waals surface area (Å²) in [4.78, 5) is 18.0. The van der Waals surface area contributed by atoms with Crippen molar-refractivity contribution >= 4 is 23.0 Å². The number of nitrogens with zero attached hydrogens (tertiary/aromatic N) is 2. The van der Waals surface area contributed by atoms with Crippen molar-refractivity contribution in [3.05, 3.63) is 35.9 Å². The number of carbonyl (C=O) groups is 1. The van der Waals surface area contributed by atoms with E-state index in [1.807, 2.05) is 35.2 Å². The molecular formula is C16H18N2O2. The number of hydrogen-bond donors (Lipinski definition) is 1.